The van der Waals surface area contributed by atoms with Crippen LogP contribution in [0, 0.1) is 5.82 Å². The monoisotopic (exact) mass is 327 g/mol. The van der Waals surface area contributed by atoms with Crippen LogP contribution in [0.4, 0.5) is 10.1 Å². The predicted molar refractivity (Wildman–Crippen MR) is 88.3 cm³/mol. The van der Waals surface area contributed by atoms with Gasteiger partial charge in [0, 0.05) is 17.7 Å². The van der Waals surface area contributed by atoms with Crippen molar-refractivity contribution in [1.29, 1.82) is 0 Å². The molecule has 1 aliphatic heterocycles. The fourth-order valence-corrected chi connectivity index (χ4v) is 3.09. The van der Waals surface area contributed by atoms with Gasteiger partial charge in [0.1, 0.15) is 5.82 Å². The van der Waals surface area contributed by atoms with Crippen molar-refractivity contribution < 1.29 is 19.1 Å². The van der Waals surface area contributed by atoms with E-state index in [0.717, 1.165) is 6.42 Å². The second-order valence-corrected chi connectivity index (χ2v) is 5.94. The zero-order valence-electron chi connectivity index (χ0n) is 13.3. The molecule has 0 bridgehead atoms. The number of amides is 1. The first-order valence-electron chi connectivity index (χ1n) is 7.90. The molecule has 1 N–H and O–H groups in total. The van der Waals surface area contributed by atoms with Crippen LogP contribution in [-0.4, -0.2) is 23.3 Å². The van der Waals surface area contributed by atoms with Crippen molar-refractivity contribution in [1.82, 2.24) is 0 Å². The molecule has 2 aromatic carbocycles. The van der Waals surface area contributed by atoms with Crippen LogP contribution in [0.1, 0.15) is 35.7 Å². The van der Waals surface area contributed by atoms with E-state index >= 15 is 0 Å². The van der Waals surface area contributed by atoms with Crippen LogP contribution in [0.15, 0.2) is 48.5 Å². The number of carbonyl (C=O) groups is 2. The number of hydrogen-bond acceptors (Lipinski definition) is 3. The number of aliphatic hydroxyl groups is 1. The number of rotatable bonds is 5. The molecule has 0 saturated heterocycles. The molecule has 0 spiro atoms. The summed E-state index contributed by atoms with van der Waals surface area (Å²) >= 11 is 0. The molecule has 0 aliphatic carbocycles. The highest BCUT2D eigenvalue weighted by atomic mass is 19.1. The molecule has 0 fully saturated rings. The SMILES string of the molecule is CCCN1C(=O)[C@@](O)(CC(=O)c2ccc(F)cc2)c2ccccc21. The van der Waals surface area contributed by atoms with Crippen LogP contribution in [-0.2, 0) is 10.4 Å². The van der Waals surface area contributed by atoms with E-state index in [9.17, 15) is 19.1 Å². The third kappa shape index (κ3) is 2.61. The lowest BCUT2D eigenvalue weighted by Crippen LogP contribution is -2.42. The Morgan fingerprint density at radius 3 is 2.50 bits per heavy atom. The van der Waals surface area contributed by atoms with Gasteiger partial charge in [-0.1, -0.05) is 25.1 Å². The maximum atomic E-state index is 13.0. The van der Waals surface area contributed by atoms with Gasteiger partial charge in [-0.2, -0.15) is 0 Å². The number of halogens is 1. The molecule has 124 valence electrons. The zero-order valence-corrected chi connectivity index (χ0v) is 13.3. The Bertz CT molecular complexity index is 787. The molecule has 1 heterocycles. The van der Waals surface area contributed by atoms with Crippen molar-refractivity contribution in [2.24, 2.45) is 0 Å². The molecule has 0 unspecified atom stereocenters. The standard InChI is InChI=1S/C19H18FNO3/c1-2-11-21-16-6-4-3-5-15(16)19(24,18(21)23)12-17(22)13-7-9-14(20)10-8-13/h3-10,24H,2,11-12H2,1H3/t19-/m1/s1. The van der Waals surface area contributed by atoms with Crippen molar-refractivity contribution in [3.8, 4) is 0 Å². The normalized spacial score (nSPS) is 19.5. The largest absolute Gasteiger partial charge is 0.375 e. The molecular weight excluding hydrogens is 309 g/mol. The Labute approximate surface area is 139 Å². The quantitative estimate of drug-likeness (QED) is 0.859. The minimum atomic E-state index is -1.88. The summed E-state index contributed by atoms with van der Waals surface area (Å²) in [6.45, 7) is 2.42. The molecule has 24 heavy (non-hydrogen) atoms. The van der Waals surface area contributed by atoms with Gasteiger partial charge in [-0.25, -0.2) is 4.39 Å². The fourth-order valence-electron chi connectivity index (χ4n) is 3.09. The maximum Gasteiger partial charge on any atom is 0.264 e. The smallest absolute Gasteiger partial charge is 0.264 e. The number of fused-ring (bicyclic) bond motifs is 1. The van der Waals surface area contributed by atoms with E-state index in [1.807, 2.05) is 6.92 Å². The van der Waals surface area contributed by atoms with E-state index in [1.54, 1.807) is 24.3 Å². The van der Waals surface area contributed by atoms with Crippen LogP contribution >= 0.6 is 0 Å². The summed E-state index contributed by atoms with van der Waals surface area (Å²) in [5.41, 5.74) is -0.529. The lowest BCUT2D eigenvalue weighted by atomic mass is 9.88. The second kappa shape index (κ2) is 6.17. The second-order valence-electron chi connectivity index (χ2n) is 5.94. The number of para-hydroxylation sites is 1. The molecule has 3 rings (SSSR count). The third-order valence-corrected chi connectivity index (χ3v) is 4.27. The summed E-state index contributed by atoms with van der Waals surface area (Å²) in [6.07, 6.45) is 0.372. The van der Waals surface area contributed by atoms with Gasteiger partial charge in [0.05, 0.1) is 12.1 Å². The average Bonchev–Trinajstić information content (AvgIpc) is 2.78. The summed E-state index contributed by atoms with van der Waals surface area (Å²) in [6, 6.07) is 12.0. The Morgan fingerprint density at radius 1 is 1.17 bits per heavy atom. The van der Waals surface area contributed by atoms with Crippen molar-refractivity contribution in [3.63, 3.8) is 0 Å². The summed E-state index contributed by atoms with van der Waals surface area (Å²) < 4.78 is 13.0. The first-order valence-corrected chi connectivity index (χ1v) is 7.90. The molecule has 1 amide bonds. The van der Waals surface area contributed by atoms with Gasteiger partial charge in [-0.05, 0) is 36.8 Å². The Morgan fingerprint density at radius 2 is 1.83 bits per heavy atom. The Balaban J connectivity index is 1.95. The molecular formula is C19H18FNO3. The molecule has 0 aromatic heterocycles. The summed E-state index contributed by atoms with van der Waals surface area (Å²) in [5, 5.41) is 11.0. The number of benzene rings is 2. The van der Waals surface area contributed by atoms with E-state index in [1.165, 1.54) is 29.2 Å². The van der Waals surface area contributed by atoms with E-state index in [-0.39, 0.29) is 12.0 Å². The minimum Gasteiger partial charge on any atom is -0.375 e. The Kier molecular flexibility index (Phi) is 4.20. The van der Waals surface area contributed by atoms with Gasteiger partial charge in [-0.15, -0.1) is 0 Å². The molecule has 4 nitrogen and oxygen atoms in total. The Hall–Kier alpha value is -2.53. The predicted octanol–water partition coefficient (Wildman–Crippen LogP) is 3.04. The topological polar surface area (TPSA) is 57.6 Å². The third-order valence-electron chi connectivity index (χ3n) is 4.27. The lowest BCUT2D eigenvalue weighted by molar-refractivity contribution is -0.135. The number of nitrogens with zero attached hydrogens (tertiary/aromatic N) is 1. The van der Waals surface area contributed by atoms with Crippen LogP contribution in [0.5, 0.6) is 0 Å². The molecule has 0 radical (unpaired) electrons. The average molecular weight is 327 g/mol. The van der Waals surface area contributed by atoms with Crippen LogP contribution in [0.25, 0.3) is 0 Å². The number of carbonyl (C=O) groups excluding carboxylic acids is 2. The zero-order chi connectivity index (χ0) is 17.3. The van der Waals surface area contributed by atoms with Crippen molar-refractivity contribution in [3.05, 3.63) is 65.5 Å². The first-order chi connectivity index (χ1) is 11.5. The van der Waals surface area contributed by atoms with Gasteiger partial charge in [0.25, 0.3) is 5.91 Å². The summed E-state index contributed by atoms with van der Waals surface area (Å²) in [7, 11) is 0. The van der Waals surface area contributed by atoms with E-state index in [0.29, 0.717) is 17.8 Å². The summed E-state index contributed by atoms with van der Waals surface area (Å²) in [5.74, 6) is -1.33. The highest BCUT2D eigenvalue weighted by molar-refractivity contribution is 6.10. The van der Waals surface area contributed by atoms with E-state index < -0.39 is 23.1 Å². The highest BCUT2D eigenvalue weighted by Crippen LogP contribution is 2.42. The molecule has 0 saturated carbocycles. The van der Waals surface area contributed by atoms with Crippen LogP contribution < -0.4 is 4.90 Å². The van der Waals surface area contributed by atoms with Crippen molar-refractivity contribution >= 4 is 17.4 Å². The number of hydrogen-bond donors (Lipinski definition) is 1. The van der Waals surface area contributed by atoms with Gasteiger partial charge in [0.2, 0.25) is 0 Å². The van der Waals surface area contributed by atoms with Crippen LogP contribution in [0.3, 0.4) is 0 Å². The van der Waals surface area contributed by atoms with Gasteiger partial charge in [0.15, 0.2) is 11.4 Å². The fraction of sp³-hybridized carbons (Fsp3) is 0.263. The molecule has 2 aromatic rings. The van der Waals surface area contributed by atoms with Gasteiger partial charge in [-0.3, -0.25) is 9.59 Å². The lowest BCUT2D eigenvalue weighted by Gasteiger charge is -2.22. The highest BCUT2D eigenvalue weighted by Gasteiger charge is 2.50. The molecule has 1 aliphatic rings. The van der Waals surface area contributed by atoms with E-state index in [4.69, 9.17) is 0 Å². The molecule has 1 atom stereocenters. The van der Waals surface area contributed by atoms with Crippen LogP contribution in [0.2, 0.25) is 0 Å². The number of Topliss-reactive ketones (excluding diaryl/α,β-unsaturated/α-hetero) is 1. The van der Waals surface area contributed by atoms with Gasteiger partial charge >= 0.3 is 0 Å². The van der Waals surface area contributed by atoms with Gasteiger partial charge < -0.3 is 10.0 Å². The molecule has 5 heteroatoms. The first kappa shape index (κ1) is 16.3. The minimum absolute atomic E-state index is 0.268. The van der Waals surface area contributed by atoms with Crippen molar-refractivity contribution in [2.45, 2.75) is 25.4 Å². The van der Waals surface area contributed by atoms with E-state index in [2.05, 4.69) is 0 Å². The number of anilines is 1. The maximum absolute atomic E-state index is 13.0. The van der Waals surface area contributed by atoms with Crippen molar-refractivity contribution in [2.75, 3.05) is 11.4 Å². The number of ketones is 1. The summed E-state index contributed by atoms with van der Waals surface area (Å²) in [4.78, 5) is 26.8.